The molecule has 0 aliphatic carbocycles. The molecule has 6 nitrogen and oxygen atoms in total. The first kappa shape index (κ1) is 18.3. The molecule has 0 saturated heterocycles. The van der Waals surface area contributed by atoms with Crippen molar-refractivity contribution in [3.63, 3.8) is 0 Å². The zero-order chi connectivity index (χ0) is 18.9. The van der Waals surface area contributed by atoms with Crippen LogP contribution in [0.5, 0.6) is 0 Å². The third-order valence-corrected chi connectivity index (χ3v) is 5.59. The predicted octanol–water partition coefficient (Wildman–Crippen LogP) is 3.51. The molecule has 0 aromatic heterocycles. The molecule has 0 spiro atoms. The van der Waals surface area contributed by atoms with E-state index in [0.29, 0.717) is 0 Å². The first-order valence-electron chi connectivity index (χ1n) is 7.40. The van der Waals surface area contributed by atoms with E-state index in [0.717, 1.165) is 22.3 Å². The molecule has 8 heteroatoms. The molecule has 3 aromatic carbocycles. The highest BCUT2D eigenvalue weighted by Crippen LogP contribution is 2.26. The Morgan fingerprint density at radius 2 is 0.615 bits per heavy atom. The average Bonchev–Trinajstić information content (AvgIpc) is 2.61. The van der Waals surface area contributed by atoms with Gasteiger partial charge in [0.25, 0.3) is 20.2 Å². The molecule has 0 atom stereocenters. The molecule has 0 amide bonds. The summed E-state index contributed by atoms with van der Waals surface area (Å²) >= 11 is 0. The van der Waals surface area contributed by atoms with Crippen LogP contribution in [0.15, 0.2) is 82.6 Å². The third kappa shape index (κ3) is 4.00. The lowest BCUT2D eigenvalue weighted by atomic mass is 10.0. The van der Waals surface area contributed by atoms with Crippen LogP contribution >= 0.6 is 0 Å². The van der Waals surface area contributed by atoms with Crippen molar-refractivity contribution in [2.75, 3.05) is 0 Å². The van der Waals surface area contributed by atoms with Crippen molar-refractivity contribution < 1.29 is 25.9 Å². The number of benzene rings is 3. The van der Waals surface area contributed by atoms with Gasteiger partial charge in [0, 0.05) is 0 Å². The molecule has 0 heterocycles. The lowest BCUT2D eigenvalue weighted by Gasteiger charge is -2.06. The summed E-state index contributed by atoms with van der Waals surface area (Å²) in [4.78, 5) is -0.339. The average molecular weight is 390 g/mol. The largest absolute Gasteiger partial charge is 0.294 e. The van der Waals surface area contributed by atoms with E-state index >= 15 is 0 Å². The molecule has 0 fully saturated rings. The van der Waals surface area contributed by atoms with E-state index < -0.39 is 20.2 Å². The fourth-order valence-electron chi connectivity index (χ4n) is 2.49. The van der Waals surface area contributed by atoms with Crippen LogP contribution in [-0.2, 0) is 20.2 Å². The topological polar surface area (TPSA) is 109 Å². The van der Waals surface area contributed by atoms with Crippen LogP contribution in [0.1, 0.15) is 0 Å². The van der Waals surface area contributed by atoms with Crippen molar-refractivity contribution in [3.8, 4) is 22.3 Å². The van der Waals surface area contributed by atoms with Crippen LogP contribution in [0.2, 0.25) is 0 Å². The van der Waals surface area contributed by atoms with E-state index in [2.05, 4.69) is 0 Å². The summed E-state index contributed by atoms with van der Waals surface area (Å²) in [6.45, 7) is 0. The van der Waals surface area contributed by atoms with Crippen LogP contribution in [0.4, 0.5) is 0 Å². The summed E-state index contributed by atoms with van der Waals surface area (Å²) in [6.07, 6.45) is 0. The second-order valence-corrected chi connectivity index (χ2v) is 8.42. The van der Waals surface area contributed by atoms with E-state index in [1.54, 1.807) is 24.3 Å². The Labute approximate surface area is 151 Å². The van der Waals surface area contributed by atoms with Gasteiger partial charge < -0.3 is 0 Å². The van der Waals surface area contributed by atoms with Crippen LogP contribution in [0, 0.1) is 0 Å². The normalized spacial score (nSPS) is 12.1. The van der Waals surface area contributed by atoms with Gasteiger partial charge in [0.15, 0.2) is 0 Å². The highest BCUT2D eigenvalue weighted by molar-refractivity contribution is 7.86. The van der Waals surface area contributed by atoms with Crippen molar-refractivity contribution in [1.82, 2.24) is 0 Å². The number of hydrogen-bond acceptors (Lipinski definition) is 4. The Hall–Kier alpha value is -2.52. The van der Waals surface area contributed by atoms with E-state index in [1.807, 2.05) is 24.3 Å². The highest BCUT2D eigenvalue weighted by Gasteiger charge is 2.10. The Balaban J connectivity index is 1.87. The maximum atomic E-state index is 11.1. The van der Waals surface area contributed by atoms with Crippen LogP contribution in [-0.4, -0.2) is 25.9 Å². The molecule has 0 saturated carbocycles. The molecular formula is C18H14O6S2. The SMILES string of the molecule is O=S(=O)(O)c1ccc(-c2ccc(-c3ccc(S(=O)(=O)O)cc3)cc2)cc1. The molecule has 3 rings (SSSR count). The molecule has 26 heavy (non-hydrogen) atoms. The molecule has 2 N–H and O–H groups in total. The minimum Gasteiger partial charge on any atom is -0.282 e. The Bertz CT molecular complexity index is 1040. The number of hydrogen-bond donors (Lipinski definition) is 2. The van der Waals surface area contributed by atoms with E-state index in [1.165, 1.54) is 24.3 Å². The Kier molecular flexibility index (Phi) is 4.68. The van der Waals surface area contributed by atoms with E-state index in [-0.39, 0.29) is 9.79 Å². The molecule has 0 aliphatic heterocycles. The Morgan fingerprint density at radius 1 is 0.423 bits per heavy atom. The number of rotatable bonds is 4. The van der Waals surface area contributed by atoms with Gasteiger partial charge in [-0.05, 0) is 46.5 Å². The van der Waals surface area contributed by atoms with Crippen LogP contribution in [0.25, 0.3) is 22.3 Å². The second kappa shape index (κ2) is 6.65. The molecule has 0 aliphatic rings. The quantitative estimate of drug-likeness (QED) is 0.660. The summed E-state index contributed by atoms with van der Waals surface area (Å²) in [6, 6.07) is 19.1. The molecule has 3 aromatic rings. The van der Waals surface area contributed by atoms with Gasteiger partial charge in [-0.1, -0.05) is 48.5 Å². The van der Waals surface area contributed by atoms with Gasteiger partial charge in [0.1, 0.15) is 0 Å². The van der Waals surface area contributed by atoms with Crippen LogP contribution < -0.4 is 0 Å². The molecule has 134 valence electrons. The summed E-state index contributed by atoms with van der Waals surface area (Å²) in [7, 11) is -8.44. The maximum Gasteiger partial charge on any atom is 0.294 e. The van der Waals surface area contributed by atoms with Crippen molar-refractivity contribution in [2.24, 2.45) is 0 Å². The highest BCUT2D eigenvalue weighted by atomic mass is 32.2. The lowest BCUT2D eigenvalue weighted by Crippen LogP contribution is -1.97. The molecule has 0 radical (unpaired) electrons. The van der Waals surface area contributed by atoms with Gasteiger partial charge in [-0.15, -0.1) is 0 Å². The minimum absolute atomic E-state index is 0.170. The monoisotopic (exact) mass is 390 g/mol. The first-order valence-corrected chi connectivity index (χ1v) is 10.3. The van der Waals surface area contributed by atoms with Gasteiger partial charge in [-0.2, -0.15) is 16.8 Å². The van der Waals surface area contributed by atoms with Crippen LogP contribution in [0.3, 0.4) is 0 Å². The van der Waals surface area contributed by atoms with Gasteiger partial charge in [-0.25, -0.2) is 0 Å². The zero-order valence-electron chi connectivity index (χ0n) is 13.3. The van der Waals surface area contributed by atoms with E-state index in [9.17, 15) is 16.8 Å². The second-order valence-electron chi connectivity index (χ2n) is 5.58. The molecular weight excluding hydrogens is 376 g/mol. The van der Waals surface area contributed by atoms with Crippen molar-refractivity contribution in [3.05, 3.63) is 72.8 Å². The smallest absolute Gasteiger partial charge is 0.282 e. The van der Waals surface area contributed by atoms with Gasteiger partial charge in [0.2, 0.25) is 0 Å². The van der Waals surface area contributed by atoms with Gasteiger partial charge >= 0.3 is 0 Å². The fourth-order valence-corrected chi connectivity index (χ4v) is 3.45. The summed E-state index contributed by atoms with van der Waals surface area (Å²) < 4.78 is 62.3. The third-order valence-electron chi connectivity index (χ3n) is 3.86. The lowest BCUT2D eigenvalue weighted by molar-refractivity contribution is 0.481. The van der Waals surface area contributed by atoms with Gasteiger partial charge in [0.05, 0.1) is 9.79 Å². The van der Waals surface area contributed by atoms with Crippen molar-refractivity contribution >= 4 is 20.2 Å². The minimum atomic E-state index is -4.22. The molecule has 0 bridgehead atoms. The summed E-state index contributed by atoms with van der Waals surface area (Å²) in [5.41, 5.74) is 3.27. The maximum absolute atomic E-state index is 11.1. The Morgan fingerprint density at radius 3 is 0.808 bits per heavy atom. The zero-order valence-corrected chi connectivity index (χ0v) is 14.9. The van der Waals surface area contributed by atoms with E-state index in [4.69, 9.17) is 9.11 Å². The van der Waals surface area contributed by atoms with Gasteiger partial charge in [-0.3, -0.25) is 9.11 Å². The fraction of sp³-hybridized carbons (Fsp3) is 0. The predicted molar refractivity (Wildman–Crippen MR) is 96.9 cm³/mol. The summed E-state index contributed by atoms with van der Waals surface area (Å²) in [5, 5.41) is 0. The summed E-state index contributed by atoms with van der Waals surface area (Å²) in [5.74, 6) is 0. The van der Waals surface area contributed by atoms with Crippen molar-refractivity contribution in [1.29, 1.82) is 0 Å². The standard InChI is InChI=1S/C18H14O6S2/c19-25(20,21)17-9-5-15(6-10-17)13-1-2-14(4-3-13)16-7-11-18(12-8-16)26(22,23)24/h1-12H,(H,19,20,21)(H,22,23,24). The molecule has 0 unspecified atom stereocenters. The first-order chi connectivity index (χ1) is 12.1. The van der Waals surface area contributed by atoms with Crippen molar-refractivity contribution in [2.45, 2.75) is 9.79 Å².